The Morgan fingerprint density at radius 3 is 2.16 bits per heavy atom. The number of likely N-dealkylation sites (N-methyl/N-ethyl adjacent to an activating group) is 1. The van der Waals surface area contributed by atoms with Crippen molar-refractivity contribution in [2.45, 2.75) is 32.9 Å². The number of carbonyl (C=O) groups is 2. The van der Waals surface area contributed by atoms with E-state index in [0.717, 1.165) is 32.8 Å². The van der Waals surface area contributed by atoms with E-state index in [0.29, 0.717) is 10.7 Å². The maximum atomic E-state index is 13.9. The first-order valence-electron chi connectivity index (χ1n) is 11.8. The van der Waals surface area contributed by atoms with Crippen LogP contribution < -0.4 is 9.62 Å². The van der Waals surface area contributed by atoms with Gasteiger partial charge in [-0.3, -0.25) is 13.9 Å². The third-order valence-electron chi connectivity index (χ3n) is 6.31. The van der Waals surface area contributed by atoms with Crippen molar-refractivity contribution >= 4 is 39.1 Å². The maximum absolute atomic E-state index is 13.9. The fourth-order valence-electron chi connectivity index (χ4n) is 4.11. The highest BCUT2D eigenvalue weighted by Gasteiger charge is 2.33. The lowest BCUT2D eigenvalue weighted by Crippen LogP contribution is -2.53. The van der Waals surface area contributed by atoms with Gasteiger partial charge in [-0.25, -0.2) is 8.42 Å². The van der Waals surface area contributed by atoms with Gasteiger partial charge < -0.3 is 10.2 Å². The van der Waals surface area contributed by atoms with Gasteiger partial charge in [-0.2, -0.15) is 0 Å². The van der Waals surface area contributed by atoms with Crippen molar-refractivity contribution in [1.82, 2.24) is 10.2 Å². The first-order chi connectivity index (χ1) is 17.5. The Morgan fingerprint density at radius 1 is 0.919 bits per heavy atom. The number of nitrogens with one attached hydrogen (secondary N) is 1. The van der Waals surface area contributed by atoms with Crippen LogP contribution in [0.15, 0.2) is 72.8 Å². The van der Waals surface area contributed by atoms with Gasteiger partial charge in [0, 0.05) is 25.0 Å². The van der Waals surface area contributed by atoms with Crippen LogP contribution in [0.3, 0.4) is 0 Å². The zero-order chi connectivity index (χ0) is 27.2. The van der Waals surface area contributed by atoms with Crippen LogP contribution in [0.4, 0.5) is 5.69 Å². The Labute approximate surface area is 224 Å². The van der Waals surface area contributed by atoms with Crippen molar-refractivity contribution in [2.75, 3.05) is 24.2 Å². The smallest absolute Gasteiger partial charge is 0.244 e. The molecule has 196 valence electrons. The summed E-state index contributed by atoms with van der Waals surface area (Å²) in [4.78, 5) is 28.4. The number of hydrogen-bond acceptors (Lipinski definition) is 4. The molecular weight excluding hydrogens is 510 g/mol. The average Bonchev–Trinajstić information content (AvgIpc) is 2.87. The molecule has 7 nitrogen and oxygen atoms in total. The number of benzene rings is 3. The second kappa shape index (κ2) is 12.3. The van der Waals surface area contributed by atoms with Crippen molar-refractivity contribution in [2.24, 2.45) is 0 Å². The maximum Gasteiger partial charge on any atom is 0.244 e. The second-order valence-corrected chi connectivity index (χ2v) is 11.3. The molecule has 9 heteroatoms. The van der Waals surface area contributed by atoms with Crippen LogP contribution in [0.25, 0.3) is 0 Å². The van der Waals surface area contributed by atoms with E-state index in [1.165, 1.54) is 11.9 Å². The summed E-state index contributed by atoms with van der Waals surface area (Å²) in [7, 11) is -2.29. The molecule has 0 aliphatic heterocycles. The number of carbonyl (C=O) groups excluding carboxylic acids is 2. The van der Waals surface area contributed by atoms with E-state index in [4.69, 9.17) is 11.6 Å². The molecule has 1 N–H and O–H groups in total. The molecule has 0 bridgehead atoms. The van der Waals surface area contributed by atoms with E-state index >= 15 is 0 Å². The summed E-state index contributed by atoms with van der Waals surface area (Å²) >= 11 is 6.05. The van der Waals surface area contributed by atoms with Gasteiger partial charge >= 0.3 is 0 Å². The number of aryl methyl sites for hydroxylation is 1. The summed E-state index contributed by atoms with van der Waals surface area (Å²) in [5.74, 6) is -0.838. The van der Waals surface area contributed by atoms with E-state index in [9.17, 15) is 18.0 Å². The molecule has 0 saturated heterocycles. The van der Waals surface area contributed by atoms with Crippen LogP contribution in [0.5, 0.6) is 0 Å². The number of rotatable bonds is 10. The normalized spacial score (nSPS) is 12.0. The number of anilines is 1. The Balaban J connectivity index is 2.05. The summed E-state index contributed by atoms with van der Waals surface area (Å²) in [6, 6.07) is 20.8. The Kier molecular flexibility index (Phi) is 9.34. The van der Waals surface area contributed by atoms with Crippen LogP contribution in [0, 0.1) is 13.8 Å². The van der Waals surface area contributed by atoms with Crippen LogP contribution in [-0.2, 0) is 32.6 Å². The fraction of sp³-hybridized carbons (Fsp3) is 0.286. The second-order valence-electron chi connectivity index (χ2n) is 8.96. The van der Waals surface area contributed by atoms with Crippen LogP contribution in [-0.4, -0.2) is 51.0 Å². The molecular formula is C28H32ClN3O4S. The van der Waals surface area contributed by atoms with E-state index in [1.54, 1.807) is 36.4 Å². The molecule has 0 saturated carbocycles. The molecule has 0 spiro atoms. The molecule has 1 unspecified atom stereocenters. The quantitative estimate of drug-likeness (QED) is 0.418. The van der Waals surface area contributed by atoms with Gasteiger partial charge in [-0.15, -0.1) is 0 Å². The van der Waals surface area contributed by atoms with Crippen molar-refractivity contribution in [3.8, 4) is 0 Å². The lowest BCUT2D eigenvalue weighted by atomic mass is 10.0. The third-order valence-corrected chi connectivity index (χ3v) is 7.69. The van der Waals surface area contributed by atoms with Gasteiger partial charge in [-0.05, 0) is 54.3 Å². The van der Waals surface area contributed by atoms with E-state index < -0.39 is 28.5 Å². The van der Waals surface area contributed by atoms with Crippen molar-refractivity contribution in [3.05, 3.63) is 100 Å². The van der Waals surface area contributed by atoms with Crippen LogP contribution in [0.2, 0.25) is 5.02 Å². The molecule has 3 rings (SSSR count). The largest absolute Gasteiger partial charge is 0.357 e. The van der Waals surface area contributed by atoms with E-state index in [2.05, 4.69) is 5.32 Å². The highest BCUT2D eigenvalue weighted by molar-refractivity contribution is 7.92. The van der Waals surface area contributed by atoms with Crippen LogP contribution >= 0.6 is 11.6 Å². The van der Waals surface area contributed by atoms with Crippen molar-refractivity contribution in [1.29, 1.82) is 0 Å². The van der Waals surface area contributed by atoms with Gasteiger partial charge in [0.05, 0.1) is 11.9 Å². The van der Waals surface area contributed by atoms with Crippen molar-refractivity contribution < 1.29 is 18.0 Å². The summed E-state index contributed by atoms with van der Waals surface area (Å²) < 4.78 is 26.8. The van der Waals surface area contributed by atoms with E-state index in [1.807, 2.05) is 50.2 Å². The van der Waals surface area contributed by atoms with Gasteiger partial charge in [0.25, 0.3) is 0 Å². The monoisotopic (exact) mass is 541 g/mol. The third kappa shape index (κ3) is 7.33. The highest BCUT2D eigenvalue weighted by atomic mass is 35.5. The SMILES string of the molecule is CNC(=O)C(Cc1ccccc1)N(Cc1ccc(Cl)cc1)C(=O)CN(c1cccc(C)c1C)S(C)(=O)=O. The number of halogens is 1. The molecule has 3 aromatic rings. The molecule has 3 aromatic carbocycles. The minimum absolute atomic E-state index is 0.103. The van der Waals surface area contributed by atoms with Gasteiger partial charge in [0.2, 0.25) is 21.8 Å². The molecule has 0 aromatic heterocycles. The molecule has 1 atom stereocenters. The Morgan fingerprint density at radius 2 is 1.57 bits per heavy atom. The predicted octanol–water partition coefficient (Wildman–Crippen LogP) is 4.11. The minimum Gasteiger partial charge on any atom is -0.357 e. The van der Waals surface area contributed by atoms with E-state index in [-0.39, 0.29) is 18.9 Å². The summed E-state index contributed by atoms with van der Waals surface area (Å²) in [5, 5.41) is 3.21. The molecule has 2 amide bonds. The topological polar surface area (TPSA) is 86.8 Å². The van der Waals surface area contributed by atoms with Gasteiger partial charge in [0.15, 0.2) is 0 Å². The predicted molar refractivity (Wildman–Crippen MR) is 148 cm³/mol. The number of hydrogen-bond donors (Lipinski definition) is 1. The number of nitrogens with zero attached hydrogens (tertiary/aromatic N) is 2. The Hall–Kier alpha value is -3.36. The molecule has 37 heavy (non-hydrogen) atoms. The first kappa shape index (κ1) is 28.2. The fourth-order valence-corrected chi connectivity index (χ4v) is 5.13. The standard InChI is InChI=1S/C28H32ClN3O4S/c1-20-9-8-12-25(21(20)2)32(37(4,35)36)19-27(33)31(18-23-13-15-24(29)16-14-23)26(28(34)30-3)17-22-10-6-5-7-11-22/h5-16,26H,17-19H2,1-4H3,(H,30,34). The average molecular weight is 542 g/mol. The highest BCUT2D eigenvalue weighted by Crippen LogP contribution is 2.26. The molecule has 0 radical (unpaired) electrons. The minimum atomic E-state index is -3.81. The summed E-state index contributed by atoms with van der Waals surface area (Å²) in [6.07, 6.45) is 1.34. The van der Waals surface area contributed by atoms with Crippen LogP contribution in [0.1, 0.15) is 22.3 Å². The lowest BCUT2D eigenvalue weighted by Gasteiger charge is -2.33. The molecule has 0 aliphatic carbocycles. The lowest BCUT2D eigenvalue weighted by molar-refractivity contribution is -0.139. The van der Waals surface area contributed by atoms with Crippen molar-refractivity contribution in [3.63, 3.8) is 0 Å². The summed E-state index contributed by atoms with van der Waals surface area (Å²) in [6.45, 7) is 3.36. The molecule has 0 aliphatic rings. The summed E-state index contributed by atoms with van der Waals surface area (Å²) in [5.41, 5.74) is 3.74. The number of sulfonamides is 1. The zero-order valence-corrected chi connectivity index (χ0v) is 23.0. The van der Waals surface area contributed by atoms with Gasteiger partial charge in [-0.1, -0.05) is 66.2 Å². The Bertz CT molecular complexity index is 1350. The first-order valence-corrected chi connectivity index (χ1v) is 14.1. The zero-order valence-electron chi connectivity index (χ0n) is 21.4. The molecule has 0 fully saturated rings. The number of amides is 2. The molecule has 0 heterocycles. The van der Waals surface area contributed by atoms with Gasteiger partial charge in [0.1, 0.15) is 12.6 Å².